The van der Waals surface area contributed by atoms with Crippen LogP contribution in [0.15, 0.2) is 110 Å². The second-order valence-corrected chi connectivity index (χ2v) is 14.8. The van der Waals surface area contributed by atoms with Gasteiger partial charge in [-0.05, 0) is 121 Å². The highest BCUT2D eigenvalue weighted by Gasteiger charge is 2.23. The lowest BCUT2D eigenvalue weighted by atomic mass is 9.86. The van der Waals surface area contributed by atoms with Gasteiger partial charge in [-0.2, -0.15) is 30.3 Å². The third-order valence-electron chi connectivity index (χ3n) is 11.1. The summed E-state index contributed by atoms with van der Waals surface area (Å²) >= 11 is 0. The van der Waals surface area contributed by atoms with E-state index in [0.717, 1.165) is 94.2 Å². The van der Waals surface area contributed by atoms with Gasteiger partial charge in [-0.15, -0.1) is 0 Å². The molecule has 56 heavy (non-hydrogen) atoms. The number of anilines is 2. The molecular formula is C44H39N12+. The number of rotatable bonds is 7. The van der Waals surface area contributed by atoms with Crippen LogP contribution in [0.3, 0.4) is 0 Å². The maximum Gasteiger partial charge on any atom is 0.357 e. The van der Waals surface area contributed by atoms with Gasteiger partial charge in [-0.25, -0.2) is 9.36 Å². The zero-order chi connectivity index (χ0) is 37.6. The fourth-order valence-corrected chi connectivity index (χ4v) is 8.35. The van der Waals surface area contributed by atoms with E-state index in [-0.39, 0.29) is 12.1 Å². The van der Waals surface area contributed by atoms with Gasteiger partial charge in [0.2, 0.25) is 0 Å². The average molecular weight is 736 g/mol. The lowest BCUT2D eigenvalue weighted by molar-refractivity contribution is 0.600. The molecule has 12 nitrogen and oxygen atoms in total. The maximum atomic E-state index is 9.36. The smallest absolute Gasteiger partial charge is 0.357 e. The number of aryl methyl sites for hydroxylation is 3. The maximum absolute atomic E-state index is 9.36. The highest BCUT2D eigenvalue weighted by Crippen LogP contribution is 2.36. The van der Waals surface area contributed by atoms with E-state index in [4.69, 9.17) is 5.10 Å². The lowest BCUT2D eigenvalue weighted by Crippen LogP contribution is -2.17. The molecule has 0 aliphatic heterocycles. The third kappa shape index (κ3) is 6.31. The van der Waals surface area contributed by atoms with Crippen LogP contribution in [0.25, 0.3) is 38.0 Å². The zero-order valence-electron chi connectivity index (χ0n) is 31.0. The van der Waals surface area contributed by atoms with E-state index in [1.54, 1.807) is 4.68 Å². The Morgan fingerprint density at radius 3 is 1.88 bits per heavy atom. The van der Waals surface area contributed by atoms with Crippen LogP contribution in [-0.2, 0) is 26.6 Å². The van der Waals surface area contributed by atoms with Crippen molar-refractivity contribution in [3.05, 3.63) is 148 Å². The number of benzene rings is 4. The van der Waals surface area contributed by atoms with Crippen molar-refractivity contribution >= 4 is 33.2 Å². The van der Waals surface area contributed by atoms with Gasteiger partial charge in [0.1, 0.15) is 16.9 Å². The van der Waals surface area contributed by atoms with Crippen molar-refractivity contribution < 1.29 is 0 Å². The fourth-order valence-electron chi connectivity index (χ4n) is 8.35. The Kier molecular flexibility index (Phi) is 8.29. The Balaban J connectivity index is 0.819. The van der Waals surface area contributed by atoms with Crippen molar-refractivity contribution in [3.63, 3.8) is 0 Å². The molecule has 0 bridgehead atoms. The van der Waals surface area contributed by atoms with E-state index in [2.05, 4.69) is 104 Å². The topological polar surface area (TPSA) is 123 Å². The van der Waals surface area contributed by atoms with Crippen LogP contribution in [0, 0.1) is 17.4 Å². The molecule has 0 amide bonds. The summed E-state index contributed by atoms with van der Waals surface area (Å²) in [6.07, 6.45) is 17.7. The van der Waals surface area contributed by atoms with Crippen LogP contribution >= 0.6 is 0 Å². The first kappa shape index (κ1) is 33.4. The van der Waals surface area contributed by atoms with Gasteiger partial charge in [0.25, 0.3) is 0 Å². The second kappa shape index (κ2) is 13.9. The largest absolute Gasteiger partial charge is 0.378 e. The van der Waals surface area contributed by atoms with Crippen molar-refractivity contribution in [1.29, 1.82) is 5.26 Å². The van der Waals surface area contributed by atoms with Gasteiger partial charge in [-0.1, -0.05) is 17.0 Å². The van der Waals surface area contributed by atoms with Crippen molar-refractivity contribution in [3.8, 4) is 23.5 Å². The minimum absolute atomic E-state index is 0.196. The molecule has 4 aromatic heterocycles. The Labute approximate surface area is 323 Å². The average Bonchev–Trinajstić information content (AvgIpc) is 4.05. The van der Waals surface area contributed by atoms with Crippen LogP contribution < -0.4 is 10.6 Å². The van der Waals surface area contributed by atoms with Gasteiger partial charge >= 0.3 is 12.7 Å². The van der Waals surface area contributed by atoms with E-state index in [0.29, 0.717) is 6.67 Å². The Bertz CT molecular complexity index is 2870. The molecule has 274 valence electrons. The lowest BCUT2D eigenvalue weighted by Gasteiger charge is -2.27. The number of nitrogens with one attached hydrogen (secondary N) is 2. The number of hydrogen-bond acceptors (Lipinski definition) is 7. The summed E-state index contributed by atoms with van der Waals surface area (Å²) in [5.41, 5.74) is 12.8. The zero-order valence-corrected chi connectivity index (χ0v) is 31.0. The molecule has 2 N–H and O–H groups in total. The quantitative estimate of drug-likeness (QED) is 0.168. The normalized spacial score (nSPS) is 16.1. The molecule has 4 heterocycles. The van der Waals surface area contributed by atoms with E-state index in [9.17, 15) is 5.26 Å². The summed E-state index contributed by atoms with van der Waals surface area (Å²) < 4.78 is 7.46. The Morgan fingerprint density at radius 1 is 0.679 bits per heavy atom. The van der Waals surface area contributed by atoms with Crippen LogP contribution in [0.2, 0.25) is 0 Å². The van der Waals surface area contributed by atoms with Gasteiger partial charge in [0, 0.05) is 29.2 Å². The molecule has 0 spiro atoms. The van der Waals surface area contributed by atoms with Gasteiger partial charge in [0.05, 0.1) is 71.9 Å². The number of nitrogens with zero attached hydrogens (tertiary/aromatic N) is 10. The molecule has 12 heteroatoms. The van der Waals surface area contributed by atoms with Crippen LogP contribution in [-0.4, -0.2) is 39.1 Å². The standard InChI is InChI=1S/C44H39N12/c1-53-26-37(24-47-53)55-43-18-35(12-10-33(43)22-49-55)52-42-7-3-5-32-17-30(9-15-40(32)42)21-46-28-54-27-38(25-48-54)56-44-19-36(13-11-34(44)23-50-56)51-41-6-2-4-31-16-29(20-45)8-14-39(31)41/h8-19,22-27,41-42,51-52H,2-7,28H2,1H3/q+1/t41-,42+/m1/s1. The molecular weight excluding hydrogens is 697 g/mol. The highest BCUT2D eigenvalue weighted by atomic mass is 15.4. The molecule has 0 saturated carbocycles. The first-order valence-corrected chi connectivity index (χ1v) is 19.1. The van der Waals surface area contributed by atoms with E-state index in [1.807, 2.05) is 70.4 Å². The Morgan fingerprint density at radius 2 is 1.27 bits per heavy atom. The molecule has 2 aliphatic carbocycles. The molecule has 2 aliphatic rings. The first-order chi connectivity index (χ1) is 27.5. The van der Waals surface area contributed by atoms with E-state index < -0.39 is 0 Å². The molecule has 2 atom stereocenters. The van der Waals surface area contributed by atoms with Gasteiger partial charge in [0.15, 0.2) is 0 Å². The summed E-state index contributed by atoms with van der Waals surface area (Å²) in [5, 5.41) is 37.3. The summed E-state index contributed by atoms with van der Waals surface area (Å²) in [7, 11) is 1.91. The van der Waals surface area contributed by atoms with Crippen LogP contribution in [0.1, 0.15) is 71.1 Å². The van der Waals surface area contributed by atoms with Crippen LogP contribution in [0.4, 0.5) is 11.4 Å². The van der Waals surface area contributed by atoms with Crippen molar-refractivity contribution in [1.82, 2.24) is 39.1 Å². The molecule has 0 unspecified atom stereocenters. The molecule has 10 rings (SSSR count). The first-order valence-electron chi connectivity index (χ1n) is 19.1. The molecule has 8 aromatic rings. The Hall–Kier alpha value is -7.18. The predicted octanol–water partition coefficient (Wildman–Crippen LogP) is 8.48. The van der Waals surface area contributed by atoms with E-state index >= 15 is 0 Å². The van der Waals surface area contributed by atoms with Crippen molar-refractivity contribution in [2.45, 2.75) is 57.3 Å². The number of hydrogen-bond donors (Lipinski definition) is 2. The van der Waals surface area contributed by atoms with Crippen LogP contribution in [0.5, 0.6) is 0 Å². The summed E-state index contributed by atoms with van der Waals surface area (Å²) in [6, 6.07) is 31.3. The van der Waals surface area contributed by atoms with Crippen molar-refractivity contribution in [2.24, 2.45) is 7.05 Å². The predicted molar refractivity (Wildman–Crippen MR) is 217 cm³/mol. The molecule has 0 fully saturated rings. The molecule has 0 saturated heterocycles. The monoisotopic (exact) mass is 735 g/mol. The minimum atomic E-state index is 0.196. The van der Waals surface area contributed by atoms with Gasteiger partial charge in [-0.3, -0.25) is 4.68 Å². The fraction of sp³-hybridized carbons (Fsp3) is 0.227. The number of aromatic nitrogens is 8. The third-order valence-corrected chi connectivity index (χ3v) is 11.1. The highest BCUT2D eigenvalue weighted by molar-refractivity contribution is 5.84. The second-order valence-electron chi connectivity index (χ2n) is 14.8. The SMILES string of the molecule is Cn1cc(-n2ncc3ccc(N[C@H]4CCCc5cc(C#[N+]Cn6cc(-n7ncc8ccc(N[C@@H]9CCCc%10cc(C#N)ccc%109)cc87)cn6)ccc54)cc32)cn1. The van der Waals surface area contributed by atoms with Gasteiger partial charge < -0.3 is 10.6 Å². The molecule has 0 radical (unpaired) electrons. The van der Waals surface area contributed by atoms with E-state index in [1.165, 1.54) is 22.3 Å². The number of fused-ring (bicyclic) bond motifs is 4. The number of nitriles is 1. The molecule has 4 aromatic carbocycles. The summed E-state index contributed by atoms with van der Waals surface area (Å²) in [5.74, 6) is 0. The summed E-state index contributed by atoms with van der Waals surface area (Å²) in [4.78, 5) is 4.63. The van der Waals surface area contributed by atoms with Crippen molar-refractivity contribution in [2.75, 3.05) is 10.6 Å². The summed E-state index contributed by atoms with van der Waals surface area (Å²) in [6.45, 7) is 0.347. The minimum Gasteiger partial charge on any atom is -0.378 e.